The maximum absolute atomic E-state index is 13.7. The Morgan fingerprint density at radius 3 is 2.72 bits per heavy atom. The van der Waals surface area contributed by atoms with Crippen molar-refractivity contribution in [3.63, 3.8) is 0 Å². The average molecular weight is 271 g/mol. The second kappa shape index (κ2) is 6.75. The molecule has 0 aliphatic carbocycles. The van der Waals surface area contributed by atoms with Gasteiger partial charge in [0.2, 0.25) is 0 Å². The van der Waals surface area contributed by atoms with Crippen molar-refractivity contribution in [2.24, 2.45) is 0 Å². The number of hydrogen-bond donors (Lipinski definition) is 1. The van der Waals surface area contributed by atoms with Crippen LogP contribution in [0.5, 0.6) is 0 Å². The summed E-state index contributed by atoms with van der Waals surface area (Å²) in [5.41, 5.74) is 0.859. The van der Waals surface area contributed by atoms with Crippen LogP contribution in [0, 0.1) is 5.82 Å². The van der Waals surface area contributed by atoms with Crippen molar-refractivity contribution in [2.45, 2.75) is 24.3 Å². The van der Waals surface area contributed by atoms with Crippen LogP contribution in [0.25, 0.3) is 0 Å². The minimum Gasteiger partial charge on any atom is -0.481 e. The summed E-state index contributed by atoms with van der Waals surface area (Å²) in [6, 6.07) is 5.16. The molecule has 1 N–H and O–H groups in total. The molecule has 1 aromatic rings. The third kappa shape index (κ3) is 3.99. The molecule has 0 aromatic heterocycles. The highest BCUT2D eigenvalue weighted by atomic mass is 32.2. The van der Waals surface area contributed by atoms with E-state index in [1.807, 2.05) is 31.2 Å². The first-order chi connectivity index (χ1) is 8.45. The van der Waals surface area contributed by atoms with E-state index in [-0.39, 0.29) is 18.3 Å². The maximum Gasteiger partial charge on any atom is 0.304 e. The zero-order valence-corrected chi connectivity index (χ0v) is 11.6. The predicted molar refractivity (Wildman–Crippen MR) is 71.5 cm³/mol. The maximum atomic E-state index is 13.7. The van der Waals surface area contributed by atoms with Crippen molar-refractivity contribution in [1.82, 2.24) is 4.90 Å². The summed E-state index contributed by atoms with van der Waals surface area (Å²) in [6.07, 6.45) is 1.92. The highest BCUT2D eigenvalue weighted by Crippen LogP contribution is 2.25. The third-order valence-electron chi connectivity index (χ3n) is 3.00. The summed E-state index contributed by atoms with van der Waals surface area (Å²) in [5, 5.41) is 8.64. The van der Waals surface area contributed by atoms with Gasteiger partial charge in [0.15, 0.2) is 0 Å². The molecule has 0 saturated carbocycles. The number of thioether (sulfide) groups is 1. The standard InChI is InChI=1S/C13H18FNO2S/c1-9(15(2)7-6-13(16)17)10-4-5-12(18-3)11(14)8-10/h4-5,8-9H,6-7H2,1-3H3,(H,16,17). The third-order valence-corrected chi connectivity index (χ3v) is 3.77. The Balaban J connectivity index is 2.74. The first-order valence-electron chi connectivity index (χ1n) is 5.71. The SMILES string of the molecule is CSc1ccc(C(C)N(C)CCC(=O)O)cc1F. The first kappa shape index (κ1) is 15.0. The van der Waals surface area contributed by atoms with Crippen LogP contribution in [0.3, 0.4) is 0 Å². The van der Waals surface area contributed by atoms with Crippen LogP contribution < -0.4 is 0 Å². The number of hydrogen-bond acceptors (Lipinski definition) is 3. The highest BCUT2D eigenvalue weighted by molar-refractivity contribution is 7.98. The molecular formula is C13H18FNO2S. The average Bonchev–Trinajstić information content (AvgIpc) is 2.34. The van der Waals surface area contributed by atoms with E-state index in [1.165, 1.54) is 17.8 Å². The van der Waals surface area contributed by atoms with Gasteiger partial charge in [-0.1, -0.05) is 6.07 Å². The van der Waals surface area contributed by atoms with Gasteiger partial charge < -0.3 is 5.11 Å². The normalized spacial score (nSPS) is 12.7. The molecule has 0 bridgehead atoms. The summed E-state index contributed by atoms with van der Waals surface area (Å²) in [4.78, 5) is 13.0. The number of benzene rings is 1. The van der Waals surface area contributed by atoms with Crippen LogP contribution in [-0.4, -0.2) is 35.8 Å². The van der Waals surface area contributed by atoms with Gasteiger partial charge in [-0.05, 0) is 37.9 Å². The van der Waals surface area contributed by atoms with Gasteiger partial charge in [0.25, 0.3) is 0 Å². The lowest BCUT2D eigenvalue weighted by atomic mass is 10.1. The summed E-state index contributed by atoms with van der Waals surface area (Å²) in [5.74, 6) is -1.04. The molecule has 0 fully saturated rings. The Kier molecular flexibility index (Phi) is 5.62. The molecule has 1 aromatic carbocycles. The molecule has 100 valence electrons. The Morgan fingerprint density at radius 1 is 1.56 bits per heavy atom. The number of carboxylic acid groups (broad SMARTS) is 1. The lowest BCUT2D eigenvalue weighted by molar-refractivity contribution is -0.137. The molecule has 1 rings (SSSR count). The summed E-state index contributed by atoms with van der Waals surface area (Å²) >= 11 is 1.37. The fourth-order valence-electron chi connectivity index (χ4n) is 1.66. The topological polar surface area (TPSA) is 40.5 Å². The number of rotatable bonds is 6. The fraction of sp³-hybridized carbons (Fsp3) is 0.462. The number of aliphatic carboxylic acids is 1. The minimum atomic E-state index is -0.821. The lowest BCUT2D eigenvalue weighted by Crippen LogP contribution is -2.25. The Bertz CT molecular complexity index is 425. The Hall–Kier alpha value is -1.07. The van der Waals surface area contributed by atoms with Crippen molar-refractivity contribution in [1.29, 1.82) is 0 Å². The molecular weight excluding hydrogens is 253 g/mol. The second-order valence-corrected chi connectivity index (χ2v) is 5.04. The molecule has 1 atom stereocenters. The van der Waals surface area contributed by atoms with Gasteiger partial charge in [-0.25, -0.2) is 4.39 Å². The molecule has 0 amide bonds. The second-order valence-electron chi connectivity index (χ2n) is 4.19. The van der Waals surface area contributed by atoms with Gasteiger partial charge in [0.05, 0.1) is 6.42 Å². The summed E-state index contributed by atoms with van der Waals surface area (Å²) < 4.78 is 13.7. The molecule has 0 heterocycles. The van der Waals surface area contributed by atoms with E-state index in [9.17, 15) is 9.18 Å². The van der Waals surface area contributed by atoms with Crippen LogP contribution in [0.15, 0.2) is 23.1 Å². The van der Waals surface area contributed by atoms with E-state index in [0.717, 1.165) is 5.56 Å². The van der Waals surface area contributed by atoms with Crippen molar-refractivity contribution in [3.8, 4) is 0 Å². The van der Waals surface area contributed by atoms with Gasteiger partial charge in [0.1, 0.15) is 5.82 Å². The molecule has 3 nitrogen and oxygen atoms in total. The Morgan fingerprint density at radius 2 is 2.22 bits per heavy atom. The van der Waals surface area contributed by atoms with E-state index < -0.39 is 5.97 Å². The van der Waals surface area contributed by atoms with E-state index in [2.05, 4.69) is 0 Å². The summed E-state index contributed by atoms with van der Waals surface area (Å²) in [6.45, 7) is 2.39. The zero-order valence-electron chi connectivity index (χ0n) is 10.8. The predicted octanol–water partition coefficient (Wildman–Crippen LogP) is 3.02. The van der Waals surface area contributed by atoms with Crippen LogP contribution in [-0.2, 0) is 4.79 Å². The monoisotopic (exact) mass is 271 g/mol. The first-order valence-corrected chi connectivity index (χ1v) is 6.93. The molecule has 0 spiro atoms. The number of carboxylic acids is 1. The van der Waals surface area contributed by atoms with Crippen LogP contribution >= 0.6 is 11.8 Å². The van der Waals surface area contributed by atoms with Gasteiger partial charge in [-0.2, -0.15) is 0 Å². The largest absolute Gasteiger partial charge is 0.481 e. The van der Waals surface area contributed by atoms with Gasteiger partial charge in [-0.15, -0.1) is 11.8 Å². The molecule has 1 unspecified atom stereocenters. The number of carbonyl (C=O) groups is 1. The quantitative estimate of drug-likeness (QED) is 0.807. The highest BCUT2D eigenvalue weighted by Gasteiger charge is 2.14. The van der Waals surface area contributed by atoms with E-state index in [4.69, 9.17) is 5.11 Å². The molecule has 5 heteroatoms. The molecule has 0 aliphatic rings. The fourth-order valence-corrected chi connectivity index (χ4v) is 2.12. The van der Waals surface area contributed by atoms with Gasteiger partial charge in [0, 0.05) is 17.5 Å². The van der Waals surface area contributed by atoms with Crippen molar-refractivity contribution in [2.75, 3.05) is 19.8 Å². The number of nitrogens with zero attached hydrogens (tertiary/aromatic N) is 1. The summed E-state index contributed by atoms with van der Waals surface area (Å²) in [7, 11) is 1.84. The van der Waals surface area contributed by atoms with Gasteiger partial charge >= 0.3 is 5.97 Å². The van der Waals surface area contributed by atoms with E-state index in [0.29, 0.717) is 11.4 Å². The minimum absolute atomic E-state index is 0.00486. The zero-order chi connectivity index (χ0) is 13.7. The number of halogens is 1. The lowest BCUT2D eigenvalue weighted by Gasteiger charge is -2.24. The van der Waals surface area contributed by atoms with E-state index >= 15 is 0 Å². The van der Waals surface area contributed by atoms with Crippen LogP contribution in [0.4, 0.5) is 4.39 Å². The van der Waals surface area contributed by atoms with Crippen molar-refractivity contribution in [3.05, 3.63) is 29.6 Å². The van der Waals surface area contributed by atoms with Crippen molar-refractivity contribution < 1.29 is 14.3 Å². The van der Waals surface area contributed by atoms with Gasteiger partial charge in [-0.3, -0.25) is 9.69 Å². The van der Waals surface area contributed by atoms with Crippen molar-refractivity contribution >= 4 is 17.7 Å². The molecule has 0 aliphatic heterocycles. The van der Waals surface area contributed by atoms with Crippen LogP contribution in [0.2, 0.25) is 0 Å². The molecule has 0 radical (unpaired) electrons. The Labute approximate surface area is 111 Å². The van der Waals surface area contributed by atoms with Crippen LogP contribution in [0.1, 0.15) is 24.9 Å². The molecule has 0 saturated heterocycles. The smallest absolute Gasteiger partial charge is 0.304 e. The molecule has 18 heavy (non-hydrogen) atoms. The van der Waals surface area contributed by atoms with E-state index in [1.54, 1.807) is 6.07 Å².